The van der Waals surface area contributed by atoms with Gasteiger partial charge in [0.05, 0.1) is 42.8 Å². The molecule has 3 aliphatic rings. The molecule has 0 amide bonds. The summed E-state index contributed by atoms with van der Waals surface area (Å²) in [7, 11) is -3.20. The molecule has 3 atom stereocenters. The number of halogens is 1. The highest BCUT2D eigenvalue weighted by molar-refractivity contribution is 7.90. The molecule has 5 heterocycles. The number of nitrogens with zero attached hydrogens (tertiary/aromatic N) is 9. The minimum Gasteiger partial charge on any atom is -0.487 e. The van der Waals surface area contributed by atoms with E-state index in [0.717, 1.165) is 50.0 Å². The van der Waals surface area contributed by atoms with Gasteiger partial charge in [0, 0.05) is 42.3 Å². The standard InChI is InChI=1S/C32H41ClN10O5S/c1-21(16-41-20-36-39-40-41)48-30-13-22(3-10-28(30)33)23-14-34-32(35-15-23)37-29-17-42(38-31(29)47-11-12-49(2,44)45)24-4-6-25(7-5-24)43-26-8-9-27(43)19-46-18-26/h3,10,13-15,17,20-21,24-27H,4-9,11-12,16,18-19H2,1-2H3,(H,34,35,37)/t21-,24-,25-,26-,27+/m0/s1. The van der Waals surface area contributed by atoms with Crippen LogP contribution >= 0.6 is 11.6 Å². The number of ether oxygens (including phenoxy) is 3. The van der Waals surface area contributed by atoms with Crippen LogP contribution in [-0.2, 0) is 21.1 Å². The molecule has 2 saturated heterocycles. The molecule has 0 spiro atoms. The van der Waals surface area contributed by atoms with Crippen molar-refractivity contribution in [3.63, 3.8) is 0 Å². The number of hydrogen-bond donors (Lipinski definition) is 1. The van der Waals surface area contributed by atoms with E-state index in [0.29, 0.717) is 53.0 Å². The van der Waals surface area contributed by atoms with Gasteiger partial charge in [-0.1, -0.05) is 17.7 Å². The maximum absolute atomic E-state index is 11.8. The Morgan fingerprint density at radius 2 is 1.73 bits per heavy atom. The van der Waals surface area contributed by atoms with E-state index in [2.05, 4.69) is 35.7 Å². The molecular formula is C32H41ClN10O5S. The second-order valence-electron chi connectivity index (χ2n) is 13.2. The Morgan fingerprint density at radius 1 is 1.02 bits per heavy atom. The fourth-order valence-corrected chi connectivity index (χ4v) is 7.69. The number of anilines is 2. The third-order valence-electron chi connectivity index (χ3n) is 9.48. The smallest absolute Gasteiger partial charge is 0.256 e. The van der Waals surface area contributed by atoms with E-state index < -0.39 is 9.84 Å². The van der Waals surface area contributed by atoms with Gasteiger partial charge >= 0.3 is 0 Å². The maximum atomic E-state index is 11.8. The molecule has 0 radical (unpaired) electrons. The number of rotatable bonds is 13. The fourth-order valence-electron chi connectivity index (χ4n) is 7.14. The van der Waals surface area contributed by atoms with Crippen LogP contribution in [0.2, 0.25) is 5.02 Å². The fraction of sp³-hybridized carbons (Fsp3) is 0.562. The molecule has 3 fully saturated rings. The zero-order chi connectivity index (χ0) is 34.0. The minimum atomic E-state index is -3.20. The lowest BCUT2D eigenvalue weighted by Gasteiger charge is -2.43. The summed E-state index contributed by atoms with van der Waals surface area (Å²) in [5.41, 5.74) is 2.18. The zero-order valence-electron chi connectivity index (χ0n) is 27.6. The number of hydrogen-bond acceptors (Lipinski definition) is 13. The second-order valence-corrected chi connectivity index (χ2v) is 15.8. The number of benzene rings is 1. The molecular weight excluding hydrogens is 672 g/mol. The molecule has 17 heteroatoms. The first-order valence-electron chi connectivity index (χ1n) is 16.7. The van der Waals surface area contributed by atoms with Gasteiger partial charge in [-0.05, 0) is 73.6 Å². The van der Waals surface area contributed by atoms with Crippen molar-refractivity contribution >= 4 is 33.1 Å². The van der Waals surface area contributed by atoms with Crippen molar-refractivity contribution in [1.29, 1.82) is 0 Å². The van der Waals surface area contributed by atoms with Crippen LogP contribution in [0, 0.1) is 0 Å². The Kier molecular flexibility index (Phi) is 9.99. The normalized spacial score (nSPS) is 23.3. The minimum absolute atomic E-state index is 0.00776. The Balaban J connectivity index is 1.03. The van der Waals surface area contributed by atoms with E-state index in [9.17, 15) is 8.42 Å². The summed E-state index contributed by atoms with van der Waals surface area (Å²) in [5.74, 6) is 1.08. The predicted octanol–water partition coefficient (Wildman–Crippen LogP) is 3.96. The van der Waals surface area contributed by atoms with Gasteiger partial charge in [0.25, 0.3) is 5.88 Å². The van der Waals surface area contributed by atoms with Crippen LogP contribution in [-0.4, -0.2) is 109 Å². The van der Waals surface area contributed by atoms with E-state index in [-0.39, 0.29) is 24.5 Å². The Morgan fingerprint density at radius 3 is 2.43 bits per heavy atom. The van der Waals surface area contributed by atoms with E-state index in [4.69, 9.17) is 30.9 Å². The number of tetrazole rings is 1. The highest BCUT2D eigenvalue weighted by atomic mass is 35.5. The van der Waals surface area contributed by atoms with Crippen LogP contribution in [0.1, 0.15) is 51.5 Å². The second kappa shape index (κ2) is 14.5. The van der Waals surface area contributed by atoms with E-state index in [1.807, 2.05) is 29.9 Å². The first-order chi connectivity index (χ1) is 23.7. The molecule has 0 unspecified atom stereocenters. The zero-order valence-corrected chi connectivity index (χ0v) is 29.1. The van der Waals surface area contributed by atoms with Crippen molar-refractivity contribution < 1.29 is 22.6 Å². The number of fused-ring (bicyclic) bond motifs is 2. The van der Waals surface area contributed by atoms with Crippen LogP contribution < -0.4 is 14.8 Å². The Hall–Kier alpha value is -3.86. The quantitative estimate of drug-likeness (QED) is 0.212. The van der Waals surface area contributed by atoms with Gasteiger partial charge < -0.3 is 19.5 Å². The Labute approximate surface area is 290 Å². The number of nitrogens with one attached hydrogen (secondary N) is 1. The van der Waals surface area contributed by atoms with Crippen molar-refractivity contribution in [2.24, 2.45) is 0 Å². The molecule has 1 N–H and O–H groups in total. The number of morpholine rings is 1. The SMILES string of the molecule is C[C@@H](Cn1cnnn1)Oc1cc(-c2cnc(Nc3cn([C@H]4CC[C@H](N5[C@@H]6CC[C@H]5COC6)CC4)nc3OCCS(C)(=O)=O)nc2)ccc1Cl. The topological polar surface area (TPSA) is 164 Å². The highest BCUT2D eigenvalue weighted by Gasteiger charge is 2.42. The van der Waals surface area contributed by atoms with Gasteiger partial charge in [-0.15, -0.1) is 10.2 Å². The molecule has 262 valence electrons. The largest absolute Gasteiger partial charge is 0.487 e. The van der Waals surface area contributed by atoms with Crippen molar-refractivity contribution in [2.45, 2.75) is 82.3 Å². The van der Waals surface area contributed by atoms with Crippen LogP contribution in [0.25, 0.3) is 11.1 Å². The third-order valence-corrected chi connectivity index (χ3v) is 10.7. The summed E-state index contributed by atoms with van der Waals surface area (Å²) in [6.07, 6.45) is 14.5. The summed E-state index contributed by atoms with van der Waals surface area (Å²) in [6, 6.07) is 7.39. The van der Waals surface area contributed by atoms with Gasteiger partial charge in [-0.2, -0.15) is 0 Å². The summed E-state index contributed by atoms with van der Waals surface area (Å²) < 4.78 is 44.9. The average Bonchev–Trinajstić information content (AvgIpc) is 3.80. The van der Waals surface area contributed by atoms with Crippen LogP contribution in [0.15, 0.2) is 43.1 Å². The summed E-state index contributed by atoms with van der Waals surface area (Å²) >= 11 is 6.44. The van der Waals surface area contributed by atoms with E-state index in [1.54, 1.807) is 23.1 Å². The molecule has 3 aromatic heterocycles. The lowest BCUT2D eigenvalue weighted by atomic mass is 9.89. The van der Waals surface area contributed by atoms with Crippen LogP contribution in [0.4, 0.5) is 11.6 Å². The lowest BCUT2D eigenvalue weighted by Crippen LogP contribution is -2.52. The molecule has 49 heavy (non-hydrogen) atoms. The van der Waals surface area contributed by atoms with Crippen molar-refractivity contribution in [2.75, 3.05) is 37.1 Å². The van der Waals surface area contributed by atoms with Crippen molar-refractivity contribution in [3.05, 3.63) is 48.1 Å². The lowest BCUT2D eigenvalue weighted by molar-refractivity contribution is -0.0458. The molecule has 1 saturated carbocycles. The Bertz CT molecular complexity index is 1800. The van der Waals surface area contributed by atoms with Crippen LogP contribution in [0.3, 0.4) is 0 Å². The van der Waals surface area contributed by atoms with Crippen LogP contribution in [0.5, 0.6) is 11.6 Å². The summed E-state index contributed by atoms with van der Waals surface area (Å²) in [4.78, 5) is 11.8. The van der Waals surface area contributed by atoms with Crippen molar-refractivity contribution in [1.82, 2.24) is 44.9 Å². The summed E-state index contributed by atoms with van der Waals surface area (Å²) in [5, 5.41) is 19.7. The van der Waals surface area contributed by atoms with E-state index in [1.165, 1.54) is 25.4 Å². The first-order valence-corrected chi connectivity index (χ1v) is 19.1. The van der Waals surface area contributed by atoms with Gasteiger partial charge in [0.15, 0.2) is 9.84 Å². The summed E-state index contributed by atoms with van der Waals surface area (Å²) in [6.45, 7) is 4.06. The monoisotopic (exact) mass is 712 g/mol. The van der Waals surface area contributed by atoms with Crippen molar-refractivity contribution in [3.8, 4) is 22.8 Å². The molecule has 2 bridgehead atoms. The molecule has 15 nitrogen and oxygen atoms in total. The number of sulfone groups is 1. The third kappa shape index (κ3) is 8.14. The molecule has 2 aliphatic heterocycles. The molecule has 1 aromatic carbocycles. The van der Waals surface area contributed by atoms with Gasteiger partial charge in [0.2, 0.25) is 5.95 Å². The van der Waals surface area contributed by atoms with Gasteiger partial charge in [-0.3, -0.25) is 9.58 Å². The molecule has 4 aromatic rings. The highest BCUT2D eigenvalue weighted by Crippen LogP contribution is 2.39. The first kappa shape index (κ1) is 33.6. The number of aromatic nitrogens is 8. The molecule has 7 rings (SSSR count). The maximum Gasteiger partial charge on any atom is 0.256 e. The van der Waals surface area contributed by atoms with Gasteiger partial charge in [0.1, 0.15) is 30.5 Å². The van der Waals surface area contributed by atoms with E-state index >= 15 is 0 Å². The predicted molar refractivity (Wildman–Crippen MR) is 182 cm³/mol. The average molecular weight is 713 g/mol. The molecule has 1 aliphatic carbocycles. The van der Waals surface area contributed by atoms with Gasteiger partial charge in [-0.25, -0.2) is 23.1 Å².